The zero-order chi connectivity index (χ0) is 30.9. The number of nitrogens with one attached hydrogen (secondary N) is 2. The Labute approximate surface area is 249 Å². The number of aliphatic carboxylic acids is 1. The third kappa shape index (κ3) is 4.36. The first kappa shape index (κ1) is 28.7. The Morgan fingerprint density at radius 2 is 1.56 bits per heavy atom. The van der Waals surface area contributed by atoms with E-state index in [0.717, 1.165) is 40.0 Å². The van der Waals surface area contributed by atoms with Gasteiger partial charge >= 0.3 is 5.97 Å². The Morgan fingerprint density at radius 1 is 0.930 bits per heavy atom. The summed E-state index contributed by atoms with van der Waals surface area (Å²) >= 11 is 0. The van der Waals surface area contributed by atoms with E-state index in [-0.39, 0.29) is 41.7 Å². The average molecular weight is 581 g/mol. The highest BCUT2D eigenvalue weighted by atomic mass is 16.4. The fraction of sp³-hybridized carbons (Fsp3) is 0.412. The van der Waals surface area contributed by atoms with Crippen molar-refractivity contribution in [2.75, 3.05) is 0 Å². The standard InChI is InChI=1S/C34H36N4O5/c1-7-19-14(2)22-12-27-29(18(6)40)16(4)24(36-27)10-23-15(3)20(8-9-28(41)42)32(37-23)31-21(13-39)34(43)30-17(5)25(38-33(30)31)11-26(19)35-22/h10-15,19-21,36,38H,7-9H2,1-6H3,(H,41,42)/t14?,15?,19-,20+,21?/m1/s1. The molecule has 3 unspecified atom stereocenters. The van der Waals surface area contributed by atoms with Gasteiger partial charge in [0, 0.05) is 74.9 Å². The molecular weight excluding hydrogens is 544 g/mol. The molecule has 1 aliphatic carbocycles. The number of aromatic amines is 2. The number of aromatic nitrogens is 4. The second kappa shape index (κ2) is 10.4. The number of H-pyrrole nitrogens is 2. The van der Waals surface area contributed by atoms with Gasteiger partial charge in [-0.25, -0.2) is 0 Å². The molecule has 9 nitrogen and oxygen atoms in total. The van der Waals surface area contributed by atoms with Gasteiger partial charge in [-0.2, -0.15) is 0 Å². The molecule has 2 aliphatic heterocycles. The van der Waals surface area contributed by atoms with Crippen LogP contribution in [0.5, 0.6) is 0 Å². The summed E-state index contributed by atoms with van der Waals surface area (Å²) in [4.78, 5) is 67.6. The van der Waals surface area contributed by atoms with E-state index in [0.29, 0.717) is 51.8 Å². The highest BCUT2D eigenvalue weighted by Crippen LogP contribution is 2.47. The van der Waals surface area contributed by atoms with Crippen LogP contribution in [-0.4, -0.2) is 48.9 Å². The van der Waals surface area contributed by atoms with Crippen LogP contribution >= 0.6 is 0 Å². The highest BCUT2D eigenvalue weighted by Gasteiger charge is 2.41. The molecule has 0 amide bonds. The number of rotatable bonds is 6. The van der Waals surface area contributed by atoms with Crippen molar-refractivity contribution in [1.29, 1.82) is 0 Å². The van der Waals surface area contributed by atoms with Crippen molar-refractivity contribution in [2.24, 2.45) is 0 Å². The SMILES string of the molecule is CC[C@H]1c2cc3[nH]c4c(c3C)C(=O)C(C=O)c4c3nc(cc4[nH]c(cc(n2)C1C)c(C(C)=O)c4C)C(C)[C@@H]3CCC(=O)O. The number of fused-ring (bicyclic) bond motifs is 8. The number of hydrogen-bond donors (Lipinski definition) is 3. The van der Waals surface area contributed by atoms with Gasteiger partial charge in [-0.3, -0.25) is 24.4 Å². The third-order valence-corrected chi connectivity index (χ3v) is 9.84. The Kier molecular flexibility index (Phi) is 6.94. The Bertz CT molecular complexity index is 1900. The van der Waals surface area contributed by atoms with E-state index in [1.807, 2.05) is 39.0 Å². The number of carbonyl (C=O) groups excluding carboxylic acids is 3. The summed E-state index contributed by atoms with van der Waals surface area (Å²) in [6.07, 6.45) is 1.76. The minimum absolute atomic E-state index is 0.0600. The fourth-order valence-corrected chi connectivity index (χ4v) is 7.43. The van der Waals surface area contributed by atoms with E-state index in [9.17, 15) is 24.3 Å². The van der Waals surface area contributed by atoms with Crippen molar-refractivity contribution >= 4 is 45.9 Å². The van der Waals surface area contributed by atoms with E-state index in [1.165, 1.54) is 0 Å². The van der Waals surface area contributed by atoms with E-state index in [2.05, 4.69) is 23.8 Å². The molecule has 3 N–H and O–H groups in total. The maximum atomic E-state index is 13.7. The normalized spacial score (nSPS) is 22.7. The molecule has 3 aromatic rings. The van der Waals surface area contributed by atoms with Crippen LogP contribution in [0.4, 0.5) is 0 Å². The molecule has 0 radical (unpaired) electrons. The first-order valence-electron chi connectivity index (χ1n) is 15.0. The number of ketones is 2. The summed E-state index contributed by atoms with van der Waals surface area (Å²) in [6.45, 7) is 11.6. The average Bonchev–Trinajstić information content (AvgIpc) is 3.68. The van der Waals surface area contributed by atoms with Crippen molar-refractivity contribution in [3.63, 3.8) is 0 Å². The van der Waals surface area contributed by atoms with E-state index >= 15 is 0 Å². The van der Waals surface area contributed by atoms with Crippen LogP contribution in [0.15, 0.2) is 18.2 Å². The number of hydrogen-bond acceptors (Lipinski definition) is 6. The second-order valence-corrected chi connectivity index (χ2v) is 12.3. The largest absolute Gasteiger partial charge is 0.481 e. The first-order valence-corrected chi connectivity index (χ1v) is 15.0. The Hall–Kier alpha value is -4.40. The Balaban J connectivity index is 1.80. The summed E-state index contributed by atoms with van der Waals surface area (Å²) in [7, 11) is 0. The number of carboxylic acids is 1. The van der Waals surface area contributed by atoms with Gasteiger partial charge < -0.3 is 19.9 Å². The minimum Gasteiger partial charge on any atom is -0.481 e. The highest BCUT2D eigenvalue weighted by molar-refractivity contribution is 6.21. The smallest absolute Gasteiger partial charge is 0.303 e. The summed E-state index contributed by atoms with van der Waals surface area (Å²) in [6, 6.07) is 5.88. The molecule has 0 saturated carbocycles. The summed E-state index contributed by atoms with van der Waals surface area (Å²) in [5.74, 6) is -2.53. The quantitative estimate of drug-likeness (QED) is 0.168. The van der Waals surface area contributed by atoms with Crippen LogP contribution in [-0.2, 0) is 9.59 Å². The lowest BCUT2D eigenvalue weighted by atomic mass is 9.84. The van der Waals surface area contributed by atoms with Gasteiger partial charge in [0.2, 0.25) is 0 Å². The van der Waals surface area contributed by atoms with E-state index < -0.39 is 11.9 Å². The van der Waals surface area contributed by atoms with Crippen LogP contribution < -0.4 is 0 Å². The lowest BCUT2D eigenvalue weighted by Crippen LogP contribution is -2.13. The van der Waals surface area contributed by atoms with Gasteiger partial charge in [0.05, 0.1) is 16.7 Å². The summed E-state index contributed by atoms with van der Waals surface area (Å²) in [5, 5.41) is 9.54. The molecule has 8 bridgehead atoms. The molecule has 9 heteroatoms. The molecule has 5 heterocycles. The maximum Gasteiger partial charge on any atom is 0.303 e. The number of aldehydes is 1. The van der Waals surface area contributed by atoms with Crippen molar-refractivity contribution in [3.8, 4) is 0 Å². The van der Waals surface area contributed by atoms with Gasteiger partial charge in [0.25, 0.3) is 0 Å². The molecule has 0 aromatic carbocycles. The summed E-state index contributed by atoms with van der Waals surface area (Å²) < 4.78 is 0. The minimum atomic E-state index is -1.02. The lowest BCUT2D eigenvalue weighted by molar-refractivity contribution is -0.137. The van der Waals surface area contributed by atoms with Crippen LogP contribution in [0.25, 0.3) is 22.1 Å². The van der Waals surface area contributed by atoms with E-state index in [1.54, 1.807) is 6.92 Å². The van der Waals surface area contributed by atoms with Crippen LogP contribution in [0.1, 0.15) is 137 Å². The number of nitrogens with zero attached hydrogens (tertiary/aromatic N) is 2. The molecule has 5 atom stereocenters. The second-order valence-electron chi connectivity index (χ2n) is 12.3. The number of carboxylic acid groups (broad SMARTS) is 1. The van der Waals surface area contributed by atoms with Gasteiger partial charge in [-0.1, -0.05) is 20.8 Å². The third-order valence-electron chi connectivity index (χ3n) is 9.84. The Morgan fingerprint density at radius 3 is 2.21 bits per heavy atom. The zero-order valence-electron chi connectivity index (χ0n) is 25.3. The molecule has 3 aromatic heterocycles. The number of carbonyl (C=O) groups is 4. The maximum absolute atomic E-state index is 13.7. The van der Waals surface area contributed by atoms with Crippen molar-refractivity contribution in [1.82, 2.24) is 19.9 Å². The number of Topliss-reactive ketones (excluding diaryl/α,β-unsaturated/α-hetero) is 2. The van der Waals surface area contributed by atoms with Crippen LogP contribution in [0, 0.1) is 13.8 Å². The van der Waals surface area contributed by atoms with E-state index in [4.69, 9.17) is 9.97 Å². The van der Waals surface area contributed by atoms with Crippen molar-refractivity contribution in [3.05, 3.63) is 68.8 Å². The topological polar surface area (TPSA) is 146 Å². The molecule has 0 fully saturated rings. The molecule has 6 rings (SSSR count). The predicted molar refractivity (Wildman–Crippen MR) is 163 cm³/mol. The summed E-state index contributed by atoms with van der Waals surface area (Å²) in [5.41, 5.74) is 8.95. The molecule has 0 spiro atoms. The van der Waals surface area contributed by atoms with Crippen molar-refractivity contribution < 1.29 is 24.3 Å². The number of aryl methyl sites for hydroxylation is 2. The van der Waals surface area contributed by atoms with Gasteiger partial charge in [-0.05, 0) is 62.9 Å². The van der Waals surface area contributed by atoms with Gasteiger partial charge in [0.15, 0.2) is 11.6 Å². The van der Waals surface area contributed by atoms with Crippen molar-refractivity contribution in [2.45, 2.75) is 90.4 Å². The van der Waals surface area contributed by atoms with Gasteiger partial charge in [0.1, 0.15) is 12.2 Å². The molecule has 0 saturated heterocycles. The molecule has 3 aliphatic rings. The molecule has 43 heavy (non-hydrogen) atoms. The lowest BCUT2D eigenvalue weighted by Gasteiger charge is -2.17. The first-order chi connectivity index (χ1) is 20.5. The fourth-order valence-electron chi connectivity index (χ4n) is 7.43. The predicted octanol–water partition coefficient (Wildman–Crippen LogP) is 6.66. The monoisotopic (exact) mass is 580 g/mol. The van der Waals surface area contributed by atoms with Gasteiger partial charge in [-0.15, -0.1) is 0 Å². The van der Waals surface area contributed by atoms with Crippen LogP contribution in [0.3, 0.4) is 0 Å². The molecular formula is C34H36N4O5. The van der Waals surface area contributed by atoms with Crippen LogP contribution in [0.2, 0.25) is 0 Å². The zero-order valence-corrected chi connectivity index (χ0v) is 25.3. The molecule has 222 valence electrons.